The molecule has 2 rings (SSSR count). The normalized spacial score (nSPS) is 10.4. The lowest BCUT2D eigenvalue weighted by Gasteiger charge is -2.07. The smallest absolute Gasteiger partial charge is 0.158 e. The molecule has 1 heterocycles. The number of rotatable bonds is 6. The Morgan fingerprint density at radius 3 is 2.82 bits per heavy atom. The number of aryl methyl sites for hydroxylation is 1. The van der Waals surface area contributed by atoms with E-state index in [-0.39, 0.29) is 6.61 Å². The van der Waals surface area contributed by atoms with Crippen molar-refractivity contribution in [1.29, 1.82) is 0 Å². The van der Waals surface area contributed by atoms with Crippen LogP contribution in [0.1, 0.15) is 12.2 Å². The number of aromatic nitrogens is 3. The van der Waals surface area contributed by atoms with Crippen LogP contribution in [0.15, 0.2) is 36.7 Å². The van der Waals surface area contributed by atoms with Gasteiger partial charge in [-0.2, -0.15) is 0 Å². The van der Waals surface area contributed by atoms with E-state index in [0.717, 1.165) is 18.7 Å². The third-order valence-corrected chi connectivity index (χ3v) is 2.39. The molecule has 17 heavy (non-hydrogen) atoms. The highest BCUT2D eigenvalue weighted by atomic mass is 16.5. The lowest BCUT2D eigenvalue weighted by atomic mass is 10.3. The van der Waals surface area contributed by atoms with Crippen LogP contribution >= 0.6 is 0 Å². The Bertz CT molecular complexity index is 442. The van der Waals surface area contributed by atoms with Gasteiger partial charge in [-0.05, 0) is 18.6 Å². The van der Waals surface area contributed by atoms with Crippen LogP contribution < -0.4 is 4.74 Å². The molecule has 2 aromatic rings. The van der Waals surface area contributed by atoms with Crippen molar-refractivity contribution in [2.45, 2.75) is 19.6 Å². The molecule has 5 nitrogen and oxygen atoms in total. The summed E-state index contributed by atoms with van der Waals surface area (Å²) in [5, 5.41) is 16.5. The summed E-state index contributed by atoms with van der Waals surface area (Å²) in [6, 6.07) is 9.70. The van der Waals surface area contributed by atoms with Crippen molar-refractivity contribution < 1.29 is 9.84 Å². The lowest BCUT2D eigenvalue weighted by Crippen LogP contribution is -2.07. The molecule has 1 aromatic heterocycles. The van der Waals surface area contributed by atoms with Gasteiger partial charge < -0.3 is 14.4 Å². The predicted octanol–water partition coefficient (Wildman–Crippen LogP) is 1.24. The standard InChI is InChI=1S/C12H15N3O2/c16-9-12-14-13-10-15(12)7-4-8-17-11-5-2-1-3-6-11/h1-3,5-6,10,16H,4,7-9H2. The van der Waals surface area contributed by atoms with Gasteiger partial charge in [0.2, 0.25) is 0 Å². The zero-order valence-electron chi connectivity index (χ0n) is 9.49. The Morgan fingerprint density at radius 2 is 2.06 bits per heavy atom. The molecule has 0 saturated carbocycles. The van der Waals surface area contributed by atoms with Crippen LogP contribution in [-0.4, -0.2) is 26.5 Å². The van der Waals surface area contributed by atoms with E-state index in [9.17, 15) is 0 Å². The topological polar surface area (TPSA) is 60.2 Å². The lowest BCUT2D eigenvalue weighted by molar-refractivity contribution is 0.259. The van der Waals surface area contributed by atoms with Crippen molar-refractivity contribution in [3.05, 3.63) is 42.5 Å². The highest BCUT2D eigenvalue weighted by Gasteiger charge is 2.01. The van der Waals surface area contributed by atoms with E-state index in [2.05, 4.69) is 10.2 Å². The minimum atomic E-state index is -0.0838. The molecule has 90 valence electrons. The van der Waals surface area contributed by atoms with Gasteiger partial charge in [0.15, 0.2) is 5.82 Å². The Balaban J connectivity index is 1.73. The number of hydrogen-bond donors (Lipinski definition) is 1. The number of para-hydroxylation sites is 1. The molecule has 0 atom stereocenters. The monoisotopic (exact) mass is 233 g/mol. The fourth-order valence-corrected chi connectivity index (χ4v) is 1.53. The molecule has 0 fully saturated rings. The van der Waals surface area contributed by atoms with Crippen LogP contribution in [0, 0.1) is 0 Å². The largest absolute Gasteiger partial charge is 0.494 e. The average Bonchev–Trinajstić information content (AvgIpc) is 2.83. The number of aliphatic hydroxyl groups excluding tert-OH is 1. The first-order valence-corrected chi connectivity index (χ1v) is 5.55. The summed E-state index contributed by atoms with van der Waals surface area (Å²) in [4.78, 5) is 0. The minimum Gasteiger partial charge on any atom is -0.494 e. The second-order valence-electron chi connectivity index (χ2n) is 3.61. The molecule has 0 aliphatic rings. The molecule has 0 spiro atoms. The summed E-state index contributed by atoms with van der Waals surface area (Å²) in [5.41, 5.74) is 0. The molecular formula is C12H15N3O2. The van der Waals surface area contributed by atoms with Crippen molar-refractivity contribution in [3.63, 3.8) is 0 Å². The van der Waals surface area contributed by atoms with Gasteiger partial charge >= 0.3 is 0 Å². The minimum absolute atomic E-state index is 0.0838. The highest BCUT2D eigenvalue weighted by Crippen LogP contribution is 2.08. The van der Waals surface area contributed by atoms with E-state index < -0.39 is 0 Å². The highest BCUT2D eigenvalue weighted by molar-refractivity contribution is 5.20. The van der Waals surface area contributed by atoms with Gasteiger partial charge in [-0.1, -0.05) is 18.2 Å². The van der Waals surface area contributed by atoms with E-state index in [1.807, 2.05) is 34.9 Å². The van der Waals surface area contributed by atoms with Crippen molar-refractivity contribution in [1.82, 2.24) is 14.8 Å². The van der Waals surface area contributed by atoms with Gasteiger partial charge in [-0.15, -0.1) is 10.2 Å². The van der Waals surface area contributed by atoms with Gasteiger partial charge in [-0.3, -0.25) is 0 Å². The maximum absolute atomic E-state index is 8.99. The first-order chi connectivity index (χ1) is 8.40. The number of aliphatic hydroxyl groups is 1. The number of hydrogen-bond acceptors (Lipinski definition) is 4. The molecule has 5 heteroatoms. The van der Waals surface area contributed by atoms with Crippen LogP contribution in [0.3, 0.4) is 0 Å². The van der Waals surface area contributed by atoms with Crippen molar-refractivity contribution in [3.8, 4) is 5.75 Å². The van der Waals surface area contributed by atoms with Gasteiger partial charge in [-0.25, -0.2) is 0 Å². The first kappa shape index (κ1) is 11.6. The number of benzene rings is 1. The molecule has 0 radical (unpaired) electrons. The fourth-order valence-electron chi connectivity index (χ4n) is 1.53. The number of ether oxygens (including phenoxy) is 1. The van der Waals surface area contributed by atoms with Gasteiger partial charge in [0.1, 0.15) is 18.7 Å². The molecule has 0 aliphatic carbocycles. The third-order valence-electron chi connectivity index (χ3n) is 2.39. The maximum atomic E-state index is 8.99. The zero-order valence-corrected chi connectivity index (χ0v) is 9.49. The Kier molecular flexibility index (Phi) is 4.10. The predicted molar refractivity (Wildman–Crippen MR) is 62.5 cm³/mol. The maximum Gasteiger partial charge on any atom is 0.158 e. The van der Waals surface area contributed by atoms with Crippen molar-refractivity contribution in [2.24, 2.45) is 0 Å². The Hall–Kier alpha value is -1.88. The molecule has 0 unspecified atom stereocenters. The molecule has 0 saturated heterocycles. The van der Waals surface area contributed by atoms with Crippen LogP contribution in [0.25, 0.3) is 0 Å². The van der Waals surface area contributed by atoms with E-state index in [1.165, 1.54) is 0 Å². The summed E-state index contributed by atoms with van der Waals surface area (Å²) in [5.74, 6) is 1.46. The van der Waals surface area contributed by atoms with E-state index in [1.54, 1.807) is 6.33 Å². The second-order valence-corrected chi connectivity index (χ2v) is 3.61. The van der Waals surface area contributed by atoms with E-state index in [0.29, 0.717) is 12.4 Å². The molecule has 0 amide bonds. The number of nitrogens with zero attached hydrogens (tertiary/aromatic N) is 3. The summed E-state index contributed by atoms with van der Waals surface area (Å²) >= 11 is 0. The van der Waals surface area contributed by atoms with Gasteiger partial charge in [0.25, 0.3) is 0 Å². The molecule has 1 aromatic carbocycles. The molecule has 0 bridgehead atoms. The van der Waals surface area contributed by atoms with Gasteiger partial charge in [0.05, 0.1) is 6.61 Å². The quantitative estimate of drug-likeness (QED) is 0.762. The SMILES string of the molecule is OCc1nncn1CCCOc1ccccc1. The van der Waals surface area contributed by atoms with E-state index >= 15 is 0 Å². The molecule has 0 aliphatic heterocycles. The first-order valence-electron chi connectivity index (χ1n) is 5.55. The van der Waals surface area contributed by atoms with Crippen molar-refractivity contribution >= 4 is 0 Å². The van der Waals surface area contributed by atoms with Crippen LogP contribution in [0.4, 0.5) is 0 Å². The van der Waals surface area contributed by atoms with Gasteiger partial charge in [0, 0.05) is 6.54 Å². The second kappa shape index (κ2) is 6.00. The third kappa shape index (κ3) is 3.29. The fraction of sp³-hybridized carbons (Fsp3) is 0.333. The zero-order chi connectivity index (χ0) is 11.9. The van der Waals surface area contributed by atoms with Crippen LogP contribution in [0.2, 0.25) is 0 Å². The van der Waals surface area contributed by atoms with Crippen molar-refractivity contribution in [2.75, 3.05) is 6.61 Å². The molecule has 1 N–H and O–H groups in total. The van der Waals surface area contributed by atoms with Crippen LogP contribution in [-0.2, 0) is 13.2 Å². The Morgan fingerprint density at radius 1 is 1.24 bits per heavy atom. The van der Waals surface area contributed by atoms with Crippen LogP contribution in [0.5, 0.6) is 5.75 Å². The Labute approximate surface area is 99.7 Å². The average molecular weight is 233 g/mol. The summed E-state index contributed by atoms with van der Waals surface area (Å²) < 4.78 is 7.39. The molecular weight excluding hydrogens is 218 g/mol. The summed E-state index contributed by atoms with van der Waals surface area (Å²) in [6.45, 7) is 1.29. The summed E-state index contributed by atoms with van der Waals surface area (Å²) in [7, 11) is 0. The van der Waals surface area contributed by atoms with E-state index in [4.69, 9.17) is 9.84 Å². The summed E-state index contributed by atoms with van der Waals surface area (Å²) in [6.07, 6.45) is 2.47.